The van der Waals surface area contributed by atoms with E-state index in [2.05, 4.69) is 5.32 Å². The van der Waals surface area contributed by atoms with Crippen LogP contribution >= 0.6 is 0 Å². The molecule has 1 unspecified atom stereocenters. The predicted molar refractivity (Wildman–Crippen MR) is 69.4 cm³/mol. The summed E-state index contributed by atoms with van der Waals surface area (Å²) >= 11 is 0. The zero-order valence-electron chi connectivity index (χ0n) is 10.3. The smallest absolute Gasteiger partial charge is 0.238 e. The third-order valence-corrected chi connectivity index (χ3v) is 3.43. The van der Waals surface area contributed by atoms with Gasteiger partial charge in [0.25, 0.3) is 0 Å². The lowest BCUT2D eigenvalue weighted by Gasteiger charge is -2.12. The first-order valence-electron chi connectivity index (χ1n) is 5.39. The van der Waals surface area contributed by atoms with Crippen molar-refractivity contribution >= 4 is 21.6 Å². The molecule has 1 amide bonds. The van der Waals surface area contributed by atoms with E-state index in [1.54, 1.807) is 19.9 Å². The minimum atomic E-state index is -3.79. The number of anilines is 1. The SMILES string of the molecule is Cc1c(NC(=O)CC(C)N)cccc1S(N)(=O)=O. The Balaban J connectivity index is 3.02. The fourth-order valence-electron chi connectivity index (χ4n) is 1.55. The number of nitrogens with one attached hydrogen (secondary N) is 1. The summed E-state index contributed by atoms with van der Waals surface area (Å²) in [5.74, 6) is -0.264. The van der Waals surface area contributed by atoms with E-state index in [9.17, 15) is 13.2 Å². The van der Waals surface area contributed by atoms with Crippen LogP contribution in [0.2, 0.25) is 0 Å². The van der Waals surface area contributed by atoms with Gasteiger partial charge < -0.3 is 11.1 Å². The van der Waals surface area contributed by atoms with Gasteiger partial charge in [-0.1, -0.05) is 6.07 Å². The molecule has 7 heteroatoms. The first-order valence-corrected chi connectivity index (χ1v) is 6.94. The van der Waals surface area contributed by atoms with Gasteiger partial charge in [0, 0.05) is 18.2 Å². The minimum absolute atomic E-state index is 0.00102. The number of carbonyl (C=O) groups excluding carboxylic acids is 1. The lowest BCUT2D eigenvalue weighted by molar-refractivity contribution is -0.116. The van der Waals surface area contributed by atoms with Gasteiger partial charge in [0.1, 0.15) is 0 Å². The van der Waals surface area contributed by atoms with E-state index in [0.717, 1.165) is 0 Å². The Morgan fingerprint density at radius 1 is 1.44 bits per heavy atom. The van der Waals surface area contributed by atoms with Gasteiger partial charge in [0.2, 0.25) is 15.9 Å². The van der Waals surface area contributed by atoms with Gasteiger partial charge in [-0.15, -0.1) is 0 Å². The second-order valence-corrected chi connectivity index (χ2v) is 5.73. The average molecular weight is 271 g/mol. The first kappa shape index (κ1) is 14.6. The lowest BCUT2D eigenvalue weighted by Crippen LogP contribution is -2.24. The van der Waals surface area contributed by atoms with Crippen molar-refractivity contribution in [1.82, 2.24) is 0 Å². The summed E-state index contributed by atoms with van der Waals surface area (Å²) < 4.78 is 22.6. The van der Waals surface area contributed by atoms with Gasteiger partial charge in [-0.3, -0.25) is 4.79 Å². The highest BCUT2D eigenvalue weighted by atomic mass is 32.2. The van der Waals surface area contributed by atoms with Crippen molar-refractivity contribution in [2.45, 2.75) is 31.2 Å². The van der Waals surface area contributed by atoms with Crippen LogP contribution in [0.1, 0.15) is 18.9 Å². The molecule has 0 aliphatic carbocycles. The second-order valence-electron chi connectivity index (χ2n) is 4.20. The van der Waals surface area contributed by atoms with Crippen molar-refractivity contribution in [3.05, 3.63) is 23.8 Å². The molecule has 1 rings (SSSR count). The van der Waals surface area contributed by atoms with Crippen LogP contribution in [-0.2, 0) is 14.8 Å². The molecule has 0 aromatic heterocycles. The summed E-state index contributed by atoms with van der Waals surface area (Å²) in [4.78, 5) is 11.6. The molecule has 0 spiro atoms. The first-order chi connectivity index (χ1) is 8.21. The van der Waals surface area contributed by atoms with Gasteiger partial charge in [-0.2, -0.15) is 0 Å². The molecule has 18 heavy (non-hydrogen) atoms. The van der Waals surface area contributed by atoms with Crippen LogP contribution in [0.4, 0.5) is 5.69 Å². The third kappa shape index (κ3) is 3.80. The molecule has 0 saturated carbocycles. The van der Waals surface area contributed by atoms with Gasteiger partial charge in [0.15, 0.2) is 0 Å². The molecule has 0 radical (unpaired) electrons. The highest BCUT2D eigenvalue weighted by molar-refractivity contribution is 7.89. The molecule has 100 valence electrons. The van der Waals surface area contributed by atoms with E-state index in [0.29, 0.717) is 11.3 Å². The standard InChI is InChI=1S/C11H17N3O3S/c1-7(12)6-11(15)14-9-4-3-5-10(8(9)2)18(13,16)17/h3-5,7H,6,12H2,1-2H3,(H,14,15)(H2,13,16,17). The quantitative estimate of drug-likeness (QED) is 0.731. The number of primary sulfonamides is 1. The highest BCUT2D eigenvalue weighted by Crippen LogP contribution is 2.22. The normalized spacial score (nSPS) is 13.1. The van der Waals surface area contributed by atoms with Crippen molar-refractivity contribution in [2.75, 3.05) is 5.32 Å². The fraction of sp³-hybridized carbons (Fsp3) is 0.364. The Labute approximate surface area is 106 Å². The molecule has 0 aliphatic rings. The maximum Gasteiger partial charge on any atom is 0.238 e. The molecule has 0 bridgehead atoms. The number of nitrogens with two attached hydrogens (primary N) is 2. The maximum absolute atomic E-state index is 11.6. The zero-order chi connectivity index (χ0) is 13.9. The second kappa shape index (κ2) is 5.47. The van der Waals surface area contributed by atoms with Crippen molar-refractivity contribution in [3.63, 3.8) is 0 Å². The molecule has 1 aromatic rings. The number of hydrogen-bond donors (Lipinski definition) is 3. The molecular formula is C11H17N3O3S. The summed E-state index contributed by atoms with van der Waals surface area (Å²) in [5, 5.41) is 7.69. The van der Waals surface area contributed by atoms with Crippen molar-refractivity contribution in [2.24, 2.45) is 10.9 Å². The Morgan fingerprint density at radius 3 is 2.56 bits per heavy atom. The average Bonchev–Trinajstić information content (AvgIpc) is 2.18. The van der Waals surface area contributed by atoms with Crippen LogP contribution in [0.5, 0.6) is 0 Å². The summed E-state index contributed by atoms with van der Waals surface area (Å²) in [6.07, 6.45) is 0.166. The number of rotatable bonds is 4. The summed E-state index contributed by atoms with van der Waals surface area (Å²) in [6.45, 7) is 3.30. The highest BCUT2D eigenvalue weighted by Gasteiger charge is 2.15. The Kier molecular flexibility index (Phi) is 4.44. The molecule has 0 heterocycles. The summed E-state index contributed by atoms with van der Waals surface area (Å²) in [7, 11) is -3.79. The van der Waals surface area contributed by atoms with E-state index in [-0.39, 0.29) is 23.3 Å². The number of carbonyl (C=O) groups is 1. The molecule has 0 aliphatic heterocycles. The fourth-order valence-corrected chi connectivity index (χ4v) is 2.36. The summed E-state index contributed by atoms with van der Waals surface area (Å²) in [6, 6.07) is 4.27. The topological polar surface area (TPSA) is 115 Å². The van der Waals surface area contributed by atoms with Crippen molar-refractivity contribution in [1.29, 1.82) is 0 Å². The lowest BCUT2D eigenvalue weighted by atomic mass is 10.2. The predicted octanol–water partition coefficient (Wildman–Crippen LogP) is 0.318. The van der Waals surface area contributed by atoms with Crippen LogP contribution in [0.15, 0.2) is 23.1 Å². The Bertz CT molecular complexity index is 553. The summed E-state index contributed by atoms with van der Waals surface area (Å²) in [5.41, 5.74) is 6.35. The molecule has 6 nitrogen and oxygen atoms in total. The molecule has 0 saturated heterocycles. The number of amides is 1. The Morgan fingerprint density at radius 2 is 2.06 bits per heavy atom. The molecular weight excluding hydrogens is 254 g/mol. The van der Waals surface area contributed by atoms with Gasteiger partial charge in [0.05, 0.1) is 4.90 Å². The monoisotopic (exact) mass is 271 g/mol. The number of sulfonamides is 1. The van der Waals surface area contributed by atoms with Gasteiger partial charge in [-0.25, -0.2) is 13.6 Å². The van der Waals surface area contributed by atoms with Crippen LogP contribution < -0.4 is 16.2 Å². The van der Waals surface area contributed by atoms with Crippen LogP contribution in [0.3, 0.4) is 0 Å². The van der Waals surface area contributed by atoms with Crippen molar-refractivity contribution in [3.8, 4) is 0 Å². The van der Waals surface area contributed by atoms with Crippen LogP contribution in [-0.4, -0.2) is 20.4 Å². The van der Waals surface area contributed by atoms with E-state index in [4.69, 9.17) is 10.9 Å². The van der Waals surface area contributed by atoms with Gasteiger partial charge >= 0.3 is 0 Å². The molecule has 1 aromatic carbocycles. The number of benzene rings is 1. The van der Waals surface area contributed by atoms with E-state index < -0.39 is 10.0 Å². The van der Waals surface area contributed by atoms with E-state index in [1.165, 1.54) is 12.1 Å². The van der Waals surface area contributed by atoms with Crippen LogP contribution in [0, 0.1) is 6.92 Å². The largest absolute Gasteiger partial charge is 0.327 e. The zero-order valence-corrected chi connectivity index (χ0v) is 11.1. The van der Waals surface area contributed by atoms with E-state index in [1.807, 2.05) is 0 Å². The third-order valence-electron chi connectivity index (χ3n) is 2.37. The van der Waals surface area contributed by atoms with Crippen LogP contribution in [0.25, 0.3) is 0 Å². The molecule has 5 N–H and O–H groups in total. The maximum atomic E-state index is 11.6. The number of hydrogen-bond acceptors (Lipinski definition) is 4. The van der Waals surface area contributed by atoms with Gasteiger partial charge in [-0.05, 0) is 31.5 Å². The minimum Gasteiger partial charge on any atom is -0.327 e. The Hall–Kier alpha value is -1.44. The molecule has 1 atom stereocenters. The van der Waals surface area contributed by atoms with Crippen molar-refractivity contribution < 1.29 is 13.2 Å². The van der Waals surface area contributed by atoms with E-state index >= 15 is 0 Å². The molecule has 0 fully saturated rings.